The molecule has 0 radical (unpaired) electrons. The van der Waals surface area contributed by atoms with Crippen LogP contribution in [0.5, 0.6) is 0 Å². The molecule has 0 atom stereocenters. The average Bonchev–Trinajstić information content (AvgIpc) is 2.58. The summed E-state index contributed by atoms with van der Waals surface area (Å²) in [4.78, 5) is 17.8. The van der Waals surface area contributed by atoms with Gasteiger partial charge < -0.3 is 4.84 Å². The Hall–Kier alpha value is -2.00. The summed E-state index contributed by atoms with van der Waals surface area (Å²) in [5, 5.41) is 2.20. The highest BCUT2D eigenvalue weighted by atomic mass is 35.5. The topological polar surface area (TPSA) is 29.5 Å². The number of benzene rings is 1. The fraction of sp³-hybridized carbons (Fsp3) is 0.316. The van der Waals surface area contributed by atoms with E-state index in [-0.39, 0.29) is 11.9 Å². The van der Waals surface area contributed by atoms with Gasteiger partial charge in [0.25, 0.3) is 0 Å². The molecule has 1 aromatic rings. The first-order chi connectivity index (χ1) is 11.1. The normalized spacial score (nSPS) is 23.9. The van der Waals surface area contributed by atoms with Crippen LogP contribution in [-0.2, 0) is 9.63 Å². The number of rotatable bonds is 3. The van der Waals surface area contributed by atoms with E-state index < -0.39 is 0 Å². The number of carbonyl (C=O) groups excluding carboxylic acids is 1. The summed E-state index contributed by atoms with van der Waals surface area (Å²) in [6.45, 7) is 3.85. The van der Waals surface area contributed by atoms with E-state index in [0.717, 1.165) is 30.7 Å². The molecule has 0 amide bonds. The van der Waals surface area contributed by atoms with E-state index in [1.165, 1.54) is 10.6 Å². The molecule has 1 aliphatic carbocycles. The van der Waals surface area contributed by atoms with E-state index in [1.54, 1.807) is 6.20 Å². The van der Waals surface area contributed by atoms with E-state index in [4.69, 9.17) is 16.4 Å². The van der Waals surface area contributed by atoms with Crippen LogP contribution in [0.2, 0.25) is 5.02 Å². The van der Waals surface area contributed by atoms with Gasteiger partial charge in [0.05, 0.1) is 11.6 Å². The second kappa shape index (κ2) is 7.05. The highest BCUT2D eigenvalue weighted by Crippen LogP contribution is 2.36. The van der Waals surface area contributed by atoms with E-state index in [9.17, 15) is 4.79 Å². The SMILES string of the molecule is C=C1C=CC=CN1OC(=O)C1CCC(c2ccc(Cl)cc2)CC1. The first-order valence-corrected chi connectivity index (χ1v) is 8.31. The predicted molar refractivity (Wildman–Crippen MR) is 91.5 cm³/mol. The fourth-order valence-electron chi connectivity index (χ4n) is 3.12. The molecule has 1 fully saturated rings. The molecule has 1 aliphatic heterocycles. The van der Waals surface area contributed by atoms with Crippen molar-refractivity contribution in [1.82, 2.24) is 5.06 Å². The van der Waals surface area contributed by atoms with Crippen LogP contribution in [0.15, 0.2) is 61.0 Å². The maximum absolute atomic E-state index is 12.3. The lowest BCUT2D eigenvalue weighted by Gasteiger charge is -2.29. The smallest absolute Gasteiger partial charge is 0.335 e. The van der Waals surface area contributed by atoms with Crippen molar-refractivity contribution in [2.75, 3.05) is 0 Å². The van der Waals surface area contributed by atoms with E-state index >= 15 is 0 Å². The van der Waals surface area contributed by atoms with Crippen molar-refractivity contribution in [3.63, 3.8) is 0 Å². The van der Waals surface area contributed by atoms with Crippen molar-refractivity contribution in [3.05, 3.63) is 71.6 Å². The highest BCUT2D eigenvalue weighted by molar-refractivity contribution is 6.30. The summed E-state index contributed by atoms with van der Waals surface area (Å²) in [5.41, 5.74) is 1.97. The Bertz CT molecular complexity index is 640. The van der Waals surface area contributed by atoms with Gasteiger partial charge >= 0.3 is 5.97 Å². The number of halogens is 1. The van der Waals surface area contributed by atoms with Gasteiger partial charge in [-0.2, -0.15) is 5.06 Å². The lowest BCUT2D eigenvalue weighted by atomic mass is 9.79. The van der Waals surface area contributed by atoms with Crippen LogP contribution < -0.4 is 0 Å². The first-order valence-electron chi connectivity index (χ1n) is 7.94. The number of hydroxylamine groups is 2. The van der Waals surface area contributed by atoms with Crippen LogP contribution in [0.1, 0.15) is 37.2 Å². The van der Waals surface area contributed by atoms with Gasteiger partial charge in [0.2, 0.25) is 0 Å². The fourth-order valence-corrected chi connectivity index (χ4v) is 3.25. The zero-order chi connectivity index (χ0) is 16.2. The number of nitrogens with zero attached hydrogens (tertiary/aromatic N) is 1. The molecule has 0 N–H and O–H groups in total. The van der Waals surface area contributed by atoms with E-state index in [1.807, 2.05) is 30.4 Å². The Morgan fingerprint density at radius 3 is 2.48 bits per heavy atom. The zero-order valence-electron chi connectivity index (χ0n) is 13.0. The van der Waals surface area contributed by atoms with Crippen molar-refractivity contribution in [3.8, 4) is 0 Å². The van der Waals surface area contributed by atoms with Crippen LogP contribution in [0.3, 0.4) is 0 Å². The van der Waals surface area contributed by atoms with Gasteiger partial charge in [-0.25, -0.2) is 4.79 Å². The molecule has 4 heteroatoms. The monoisotopic (exact) mass is 329 g/mol. The molecule has 120 valence electrons. The first kappa shape index (κ1) is 15.9. The molecule has 0 saturated heterocycles. The molecule has 1 aromatic carbocycles. The molecule has 3 rings (SSSR count). The summed E-state index contributed by atoms with van der Waals surface area (Å²) in [5.74, 6) is 0.301. The molecule has 3 nitrogen and oxygen atoms in total. The van der Waals surface area contributed by atoms with Gasteiger partial charge in [-0.05, 0) is 61.4 Å². The molecule has 0 spiro atoms. The lowest BCUT2D eigenvalue weighted by molar-refractivity contribution is -0.177. The Morgan fingerprint density at radius 1 is 1.13 bits per heavy atom. The number of hydrogen-bond donors (Lipinski definition) is 0. The van der Waals surface area contributed by atoms with Crippen LogP contribution >= 0.6 is 11.6 Å². The van der Waals surface area contributed by atoms with Crippen LogP contribution in [0.25, 0.3) is 0 Å². The maximum atomic E-state index is 12.3. The predicted octanol–water partition coefficient (Wildman–Crippen LogP) is 4.97. The molecular formula is C19H20ClNO2. The second-order valence-corrected chi connectivity index (χ2v) is 6.46. The van der Waals surface area contributed by atoms with Crippen LogP contribution in [0.4, 0.5) is 0 Å². The lowest BCUT2D eigenvalue weighted by Crippen LogP contribution is -2.29. The molecular weight excluding hydrogens is 310 g/mol. The van der Waals surface area contributed by atoms with Gasteiger partial charge in [-0.3, -0.25) is 0 Å². The minimum atomic E-state index is -0.166. The van der Waals surface area contributed by atoms with Crippen LogP contribution in [-0.4, -0.2) is 11.0 Å². The molecule has 1 heterocycles. The highest BCUT2D eigenvalue weighted by Gasteiger charge is 2.29. The molecule has 0 unspecified atom stereocenters. The Kier molecular flexibility index (Phi) is 4.87. The minimum Gasteiger partial charge on any atom is -0.336 e. The third-order valence-electron chi connectivity index (χ3n) is 4.49. The molecule has 0 aromatic heterocycles. The van der Waals surface area contributed by atoms with Crippen molar-refractivity contribution < 1.29 is 9.63 Å². The summed E-state index contributed by atoms with van der Waals surface area (Å²) in [7, 11) is 0. The van der Waals surface area contributed by atoms with E-state index in [0.29, 0.717) is 11.6 Å². The molecule has 23 heavy (non-hydrogen) atoms. The largest absolute Gasteiger partial charge is 0.336 e. The second-order valence-electron chi connectivity index (χ2n) is 6.03. The number of hydrogen-bond acceptors (Lipinski definition) is 3. The van der Waals surface area contributed by atoms with Crippen molar-refractivity contribution in [1.29, 1.82) is 0 Å². The zero-order valence-corrected chi connectivity index (χ0v) is 13.7. The van der Waals surface area contributed by atoms with Crippen molar-refractivity contribution in [2.45, 2.75) is 31.6 Å². The average molecular weight is 330 g/mol. The molecule has 2 aliphatic rings. The summed E-state index contributed by atoms with van der Waals surface area (Å²) in [6.07, 6.45) is 10.9. The number of carbonyl (C=O) groups is 1. The summed E-state index contributed by atoms with van der Waals surface area (Å²) in [6, 6.07) is 8.03. The summed E-state index contributed by atoms with van der Waals surface area (Å²) >= 11 is 5.94. The summed E-state index contributed by atoms with van der Waals surface area (Å²) < 4.78 is 0. The minimum absolute atomic E-state index is 0.0364. The molecule has 1 saturated carbocycles. The van der Waals surface area contributed by atoms with Gasteiger partial charge in [0, 0.05) is 11.2 Å². The quantitative estimate of drug-likeness (QED) is 0.784. The Balaban J connectivity index is 1.53. The Labute approximate surface area is 141 Å². The third kappa shape index (κ3) is 3.85. The van der Waals surface area contributed by atoms with Gasteiger partial charge in [0.15, 0.2) is 0 Å². The third-order valence-corrected chi connectivity index (χ3v) is 4.75. The molecule has 0 bridgehead atoms. The standard InChI is InChI=1S/C19H20ClNO2/c1-14-4-2-3-13-21(14)23-19(22)17-7-5-15(6-8-17)16-9-11-18(20)12-10-16/h2-4,9-13,15,17H,1,5-8H2. The van der Waals surface area contributed by atoms with Gasteiger partial charge in [-0.15, -0.1) is 0 Å². The van der Waals surface area contributed by atoms with Gasteiger partial charge in [-0.1, -0.05) is 36.4 Å². The van der Waals surface area contributed by atoms with E-state index in [2.05, 4.69) is 18.7 Å². The maximum Gasteiger partial charge on any atom is 0.335 e. The number of allylic oxidation sites excluding steroid dienone is 3. The van der Waals surface area contributed by atoms with Crippen molar-refractivity contribution in [2.24, 2.45) is 5.92 Å². The van der Waals surface area contributed by atoms with Crippen molar-refractivity contribution >= 4 is 17.6 Å². The van der Waals surface area contributed by atoms with Gasteiger partial charge in [0.1, 0.15) is 0 Å². The Morgan fingerprint density at radius 2 is 1.83 bits per heavy atom. The van der Waals surface area contributed by atoms with Crippen LogP contribution in [0, 0.1) is 5.92 Å².